The molecule has 1 heteroatoms. The Morgan fingerprint density at radius 1 is 0.292 bits per heavy atom. The molecule has 2 aliphatic carbocycles. The van der Waals surface area contributed by atoms with Crippen molar-refractivity contribution in [2.75, 3.05) is 4.90 Å². The van der Waals surface area contributed by atoms with Crippen molar-refractivity contribution in [3.8, 4) is 55.6 Å². The summed E-state index contributed by atoms with van der Waals surface area (Å²) in [6.07, 6.45) is 0. The van der Waals surface area contributed by atoms with Gasteiger partial charge in [0, 0.05) is 22.4 Å². The van der Waals surface area contributed by atoms with Crippen LogP contribution in [0.2, 0.25) is 0 Å². The van der Waals surface area contributed by atoms with Crippen LogP contribution in [0.1, 0.15) is 47.2 Å². The predicted octanol–water partition coefficient (Wildman–Crippen LogP) is 16.8. The molecule has 10 aromatic carbocycles. The van der Waals surface area contributed by atoms with Gasteiger partial charge < -0.3 is 4.90 Å². The van der Waals surface area contributed by atoms with Gasteiger partial charge in [-0.15, -0.1) is 0 Å². The van der Waals surface area contributed by atoms with Crippen molar-refractivity contribution in [2.24, 2.45) is 0 Å². The summed E-state index contributed by atoms with van der Waals surface area (Å²) in [5.41, 5.74) is 23.0. The highest BCUT2D eigenvalue weighted by Crippen LogP contribution is 2.59. The van der Waals surface area contributed by atoms with Crippen LogP contribution in [0.15, 0.2) is 249 Å². The Balaban J connectivity index is 1.04. The van der Waals surface area contributed by atoms with Crippen molar-refractivity contribution >= 4 is 17.1 Å². The largest absolute Gasteiger partial charge is 0.310 e. The van der Waals surface area contributed by atoms with Gasteiger partial charge in [-0.2, -0.15) is 0 Å². The lowest BCUT2D eigenvalue weighted by molar-refractivity contribution is 0.660. The van der Waals surface area contributed by atoms with Gasteiger partial charge in [0.1, 0.15) is 0 Å². The first-order chi connectivity index (χ1) is 32.0. The van der Waals surface area contributed by atoms with Gasteiger partial charge in [0.2, 0.25) is 0 Å². The minimum atomic E-state index is -0.511. The first kappa shape index (κ1) is 38.7. The topological polar surface area (TPSA) is 3.24 Å². The smallest absolute Gasteiger partial charge is 0.0714 e. The molecule has 0 fully saturated rings. The van der Waals surface area contributed by atoms with Crippen molar-refractivity contribution in [3.05, 3.63) is 282 Å². The van der Waals surface area contributed by atoms with E-state index in [2.05, 4.69) is 267 Å². The lowest BCUT2D eigenvalue weighted by Crippen LogP contribution is -2.28. The zero-order chi connectivity index (χ0) is 43.5. The molecule has 0 aromatic heterocycles. The lowest BCUT2D eigenvalue weighted by Gasteiger charge is -2.34. The predicted molar refractivity (Wildman–Crippen MR) is 272 cm³/mol. The summed E-state index contributed by atoms with van der Waals surface area (Å²) in [5, 5.41) is 0. The Kier molecular flexibility index (Phi) is 9.14. The van der Waals surface area contributed by atoms with Gasteiger partial charge in [0.15, 0.2) is 0 Å². The molecule has 0 saturated heterocycles. The molecule has 308 valence electrons. The second-order valence-corrected chi connectivity index (χ2v) is 18.0. The molecule has 10 aromatic rings. The zero-order valence-corrected chi connectivity index (χ0v) is 36.6. The minimum absolute atomic E-state index is 0.0861. The molecule has 0 atom stereocenters. The third kappa shape index (κ3) is 6.15. The second kappa shape index (κ2) is 15.4. The number of anilines is 3. The van der Waals surface area contributed by atoms with E-state index in [1.807, 2.05) is 0 Å². The van der Waals surface area contributed by atoms with Crippen molar-refractivity contribution < 1.29 is 0 Å². The highest BCUT2D eigenvalue weighted by molar-refractivity contribution is 5.98. The molecule has 0 unspecified atom stereocenters. The summed E-state index contributed by atoms with van der Waals surface area (Å²) in [7, 11) is 0. The minimum Gasteiger partial charge on any atom is -0.310 e. The normalized spacial score (nSPS) is 13.6. The quantitative estimate of drug-likeness (QED) is 0.147. The maximum atomic E-state index is 2.49. The second-order valence-electron chi connectivity index (χ2n) is 18.0. The van der Waals surface area contributed by atoms with Gasteiger partial charge in [-0.25, -0.2) is 0 Å². The van der Waals surface area contributed by atoms with E-state index in [0.29, 0.717) is 0 Å². The van der Waals surface area contributed by atoms with E-state index in [9.17, 15) is 0 Å². The van der Waals surface area contributed by atoms with Crippen molar-refractivity contribution in [1.82, 2.24) is 0 Å². The van der Waals surface area contributed by atoms with E-state index in [-0.39, 0.29) is 5.41 Å². The SMILES string of the molecule is CC1(C)c2ccccc2-c2ccc(-c3cccc(N(c4ccc(-c5ccc(-c6ccccc6)cc5)cc4)c4cccc5c4-c4ccccc4C5(c4ccccc4)c4ccccc4)c3)cc21. The van der Waals surface area contributed by atoms with Crippen LogP contribution in [0.5, 0.6) is 0 Å². The van der Waals surface area contributed by atoms with E-state index in [0.717, 1.165) is 17.1 Å². The van der Waals surface area contributed by atoms with Gasteiger partial charge in [-0.3, -0.25) is 0 Å². The molecule has 0 bridgehead atoms. The van der Waals surface area contributed by atoms with Crippen LogP contribution in [0.4, 0.5) is 17.1 Å². The molecule has 0 amide bonds. The Bertz CT molecular complexity index is 3320. The highest BCUT2D eigenvalue weighted by atomic mass is 15.1. The Morgan fingerprint density at radius 3 is 1.42 bits per heavy atom. The molecule has 65 heavy (non-hydrogen) atoms. The molecule has 0 heterocycles. The van der Waals surface area contributed by atoms with Crippen LogP contribution >= 0.6 is 0 Å². The Hall–Kier alpha value is -8.00. The molecule has 0 spiro atoms. The van der Waals surface area contributed by atoms with Crippen LogP contribution in [-0.2, 0) is 10.8 Å². The maximum Gasteiger partial charge on any atom is 0.0714 e. The average Bonchev–Trinajstić information content (AvgIpc) is 3.81. The Morgan fingerprint density at radius 2 is 0.754 bits per heavy atom. The summed E-state index contributed by atoms with van der Waals surface area (Å²) >= 11 is 0. The lowest BCUT2D eigenvalue weighted by atomic mass is 9.68. The number of benzene rings is 10. The van der Waals surface area contributed by atoms with Gasteiger partial charge in [-0.1, -0.05) is 226 Å². The van der Waals surface area contributed by atoms with E-state index >= 15 is 0 Å². The molecular formula is C64H47N. The molecule has 0 saturated carbocycles. The monoisotopic (exact) mass is 829 g/mol. The third-order valence-corrected chi connectivity index (χ3v) is 14.2. The molecule has 1 nitrogen and oxygen atoms in total. The van der Waals surface area contributed by atoms with Crippen molar-refractivity contribution in [3.63, 3.8) is 0 Å². The van der Waals surface area contributed by atoms with Gasteiger partial charge in [-0.05, 0) is 120 Å². The maximum absolute atomic E-state index is 2.49. The fourth-order valence-electron chi connectivity index (χ4n) is 11.1. The van der Waals surface area contributed by atoms with Crippen molar-refractivity contribution in [1.29, 1.82) is 0 Å². The molecule has 2 aliphatic rings. The number of fused-ring (bicyclic) bond motifs is 6. The van der Waals surface area contributed by atoms with Crippen LogP contribution in [0, 0.1) is 0 Å². The molecule has 0 radical (unpaired) electrons. The summed E-state index contributed by atoms with van der Waals surface area (Å²) < 4.78 is 0. The summed E-state index contributed by atoms with van der Waals surface area (Å²) in [6, 6.07) is 92.0. The van der Waals surface area contributed by atoms with Crippen LogP contribution in [0.3, 0.4) is 0 Å². The molecular weight excluding hydrogens is 783 g/mol. The Labute approximate surface area is 382 Å². The van der Waals surface area contributed by atoms with E-state index in [1.165, 1.54) is 89.0 Å². The summed E-state index contributed by atoms with van der Waals surface area (Å²) in [4.78, 5) is 2.49. The van der Waals surface area contributed by atoms with Crippen LogP contribution < -0.4 is 4.90 Å². The number of nitrogens with zero attached hydrogens (tertiary/aromatic N) is 1. The van der Waals surface area contributed by atoms with Crippen molar-refractivity contribution in [2.45, 2.75) is 24.7 Å². The first-order valence-electron chi connectivity index (χ1n) is 22.8. The summed E-state index contributed by atoms with van der Waals surface area (Å²) in [6.45, 7) is 4.72. The number of rotatable bonds is 8. The molecule has 0 aliphatic heterocycles. The summed E-state index contributed by atoms with van der Waals surface area (Å²) in [5.74, 6) is 0. The fourth-order valence-corrected chi connectivity index (χ4v) is 11.1. The molecule has 12 rings (SSSR count). The molecule has 0 N–H and O–H groups in total. The average molecular weight is 830 g/mol. The van der Waals surface area contributed by atoms with Crippen LogP contribution in [-0.4, -0.2) is 0 Å². The fraction of sp³-hybridized carbons (Fsp3) is 0.0625. The number of hydrogen-bond donors (Lipinski definition) is 0. The first-order valence-corrected chi connectivity index (χ1v) is 22.8. The standard InChI is InChI=1S/C64H47N/c1-63(2)57-28-14-12-26-54(57)55-41-38-49(43-60(55)63)48-20-16-25-53(42-48)65(52-39-36-47(37-40-52)46-34-32-45(33-35-46)44-18-6-3-7-19-44)61-31-17-30-59-62(61)56-27-13-15-29-58(56)64(59,50-21-8-4-9-22-50)51-23-10-5-11-24-51/h3-43H,1-2H3. The van der Waals surface area contributed by atoms with E-state index < -0.39 is 5.41 Å². The van der Waals surface area contributed by atoms with E-state index in [4.69, 9.17) is 0 Å². The number of hydrogen-bond acceptors (Lipinski definition) is 1. The van der Waals surface area contributed by atoms with Gasteiger partial charge in [0.05, 0.1) is 11.1 Å². The van der Waals surface area contributed by atoms with Gasteiger partial charge >= 0.3 is 0 Å². The third-order valence-electron chi connectivity index (χ3n) is 14.2. The highest BCUT2D eigenvalue weighted by Gasteiger charge is 2.47. The van der Waals surface area contributed by atoms with E-state index in [1.54, 1.807) is 0 Å². The van der Waals surface area contributed by atoms with Crippen LogP contribution in [0.25, 0.3) is 55.6 Å². The zero-order valence-electron chi connectivity index (χ0n) is 36.6. The van der Waals surface area contributed by atoms with Gasteiger partial charge in [0.25, 0.3) is 0 Å².